The molecule has 0 radical (unpaired) electrons. The average molecular weight is 1200 g/mol. The standard InChI is InChI=1S/C86H69BN6/c1-84(2,3)62-25-21-24-55(42-62)61-47-81-83-82(48-61)91(66-39-35-59(53-89)78(51-66)93-75-32-19-15-28-69(75)70-29-16-20-33-76(70)93)80-46-57(60-43-63(85(4,5)6)49-64(44-60)86(7,8)9)37-41-72(80)87(83)71-40-36-56(54-22-11-10-12-23-54)45-79(71)90(81)65-38-34-58(52-88)77(50-65)92-73-30-17-13-26-67(73)68-27-14-18-31-74(68)92/h10-51H,1-9H3/i10D,11D,12D,22D,23D. The molecule has 0 fully saturated rings. The van der Waals surface area contributed by atoms with Gasteiger partial charge < -0.3 is 18.9 Å². The molecule has 7 heteroatoms. The third-order valence-electron chi connectivity index (χ3n) is 19.3. The van der Waals surface area contributed by atoms with Gasteiger partial charge in [0.1, 0.15) is 12.1 Å². The Morgan fingerprint density at radius 2 is 0.720 bits per heavy atom. The lowest BCUT2D eigenvalue weighted by atomic mass is 9.33. The number of fused-ring (bicyclic) bond motifs is 10. The van der Waals surface area contributed by atoms with Crippen molar-refractivity contribution < 1.29 is 6.85 Å². The SMILES string of the molecule is [2H]c1c([2H])c([2H])c(-c2ccc3c(c2)N(c2ccc(C#N)c(-n4c5ccccc5c5ccccc54)c2)c2cc(-c4cccc(C(C)(C)C)c4)cc4c2B3c2ccc(-c3cc(C(C)(C)C)cc(C(C)(C)C)c3)cc2N4c2ccc(C#N)c(-n3c4ccccc4c4ccccc43)c2)c([2H])c1[2H]. The molecular weight excluding hydrogens is 1130 g/mol. The van der Waals surface area contributed by atoms with Crippen molar-refractivity contribution in [3.8, 4) is 56.9 Å². The Hall–Kier alpha value is -11.1. The van der Waals surface area contributed by atoms with Gasteiger partial charge in [-0.3, -0.25) is 0 Å². The van der Waals surface area contributed by atoms with Crippen LogP contribution in [0.5, 0.6) is 0 Å². The largest absolute Gasteiger partial charge is 0.311 e. The highest BCUT2D eigenvalue weighted by Gasteiger charge is 2.44. The fraction of sp³-hybridized carbons (Fsp3) is 0.140. The number of hydrogen-bond donors (Lipinski definition) is 0. The van der Waals surface area contributed by atoms with Crippen LogP contribution in [0.1, 0.15) is 97.0 Å². The molecule has 12 aromatic carbocycles. The maximum Gasteiger partial charge on any atom is 0.252 e. The van der Waals surface area contributed by atoms with E-state index in [1.54, 1.807) is 0 Å². The molecule has 93 heavy (non-hydrogen) atoms. The number of anilines is 6. The van der Waals surface area contributed by atoms with Gasteiger partial charge >= 0.3 is 0 Å². The summed E-state index contributed by atoms with van der Waals surface area (Å²) in [5.74, 6) is 0. The molecular formula is C86H69BN6. The lowest BCUT2D eigenvalue weighted by molar-refractivity contribution is 0.569. The molecule has 0 aliphatic carbocycles. The van der Waals surface area contributed by atoms with E-state index in [0.717, 1.165) is 128 Å². The van der Waals surface area contributed by atoms with E-state index in [2.05, 4.69) is 263 Å². The second-order valence-corrected chi connectivity index (χ2v) is 28.1. The molecule has 0 unspecified atom stereocenters. The summed E-state index contributed by atoms with van der Waals surface area (Å²) >= 11 is 0. The van der Waals surface area contributed by atoms with Crippen LogP contribution in [0.4, 0.5) is 34.1 Å². The van der Waals surface area contributed by atoms with Gasteiger partial charge in [-0.05, 0) is 168 Å². The highest BCUT2D eigenvalue weighted by atomic mass is 15.2. The van der Waals surface area contributed by atoms with E-state index in [9.17, 15) is 13.3 Å². The van der Waals surface area contributed by atoms with Gasteiger partial charge in [-0.1, -0.05) is 232 Å². The van der Waals surface area contributed by atoms with Crippen molar-refractivity contribution in [3.63, 3.8) is 0 Å². The smallest absolute Gasteiger partial charge is 0.252 e. The highest BCUT2D eigenvalue weighted by molar-refractivity contribution is 7.00. The number of hydrogen-bond acceptors (Lipinski definition) is 4. The zero-order valence-corrected chi connectivity index (χ0v) is 53.6. The first-order chi connectivity index (χ1) is 47.0. The minimum Gasteiger partial charge on any atom is -0.311 e. The van der Waals surface area contributed by atoms with E-state index in [4.69, 9.17) is 4.11 Å². The third kappa shape index (κ3) is 9.28. The van der Waals surface area contributed by atoms with Crippen molar-refractivity contribution in [1.82, 2.24) is 9.13 Å². The molecule has 446 valence electrons. The number of nitrogens with zero attached hydrogens (tertiary/aromatic N) is 6. The van der Waals surface area contributed by atoms with Crippen molar-refractivity contribution >= 4 is 101 Å². The number of nitriles is 2. The second-order valence-electron chi connectivity index (χ2n) is 28.1. The maximum absolute atomic E-state index is 11.3. The summed E-state index contributed by atoms with van der Waals surface area (Å²) in [7, 11) is 0. The van der Waals surface area contributed by atoms with Crippen LogP contribution in [0.25, 0.3) is 88.4 Å². The molecule has 2 aliphatic heterocycles. The Balaban J connectivity index is 1.05. The average Bonchev–Trinajstić information content (AvgIpc) is 0.887. The van der Waals surface area contributed by atoms with Gasteiger partial charge in [0.05, 0.1) is 51.4 Å². The molecule has 2 aromatic heterocycles. The molecule has 0 amide bonds. The van der Waals surface area contributed by atoms with E-state index >= 15 is 0 Å². The predicted octanol–water partition coefficient (Wildman–Crippen LogP) is 20.6. The minimum atomic E-state index is -0.463. The summed E-state index contributed by atoms with van der Waals surface area (Å²) in [5, 5.41) is 26.8. The second kappa shape index (κ2) is 21.2. The molecule has 16 rings (SSSR count). The zero-order chi connectivity index (χ0) is 68.2. The van der Waals surface area contributed by atoms with Crippen molar-refractivity contribution in [2.24, 2.45) is 0 Å². The van der Waals surface area contributed by atoms with Crippen LogP contribution in [0.15, 0.2) is 255 Å². The topological polar surface area (TPSA) is 63.9 Å². The van der Waals surface area contributed by atoms with E-state index in [0.29, 0.717) is 22.4 Å². The van der Waals surface area contributed by atoms with Crippen molar-refractivity contribution in [1.29, 1.82) is 10.5 Å². The summed E-state index contributed by atoms with van der Waals surface area (Å²) in [6, 6.07) is 82.3. The van der Waals surface area contributed by atoms with Crippen LogP contribution in [-0.2, 0) is 16.2 Å². The van der Waals surface area contributed by atoms with Crippen LogP contribution >= 0.6 is 0 Å². The summed E-state index contributed by atoms with van der Waals surface area (Å²) in [4.78, 5) is 4.68. The number of benzene rings is 12. The van der Waals surface area contributed by atoms with Crippen LogP contribution in [0, 0.1) is 22.7 Å². The molecule has 0 saturated heterocycles. The lowest BCUT2D eigenvalue weighted by Crippen LogP contribution is -2.61. The summed E-state index contributed by atoms with van der Waals surface area (Å²) in [5.41, 5.74) is 21.9. The van der Waals surface area contributed by atoms with Crippen LogP contribution in [0.2, 0.25) is 0 Å². The fourth-order valence-corrected chi connectivity index (χ4v) is 14.5. The highest BCUT2D eigenvalue weighted by Crippen LogP contribution is 2.50. The summed E-state index contributed by atoms with van der Waals surface area (Å²) < 4.78 is 49.9. The normalized spacial score (nSPS) is 13.7. The van der Waals surface area contributed by atoms with Gasteiger partial charge in [0.25, 0.3) is 6.71 Å². The zero-order valence-electron chi connectivity index (χ0n) is 58.6. The van der Waals surface area contributed by atoms with Gasteiger partial charge in [0.15, 0.2) is 0 Å². The Morgan fingerprint density at radius 1 is 0.333 bits per heavy atom. The number of aromatic nitrogens is 2. The molecule has 0 atom stereocenters. The van der Waals surface area contributed by atoms with Gasteiger partial charge in [-0.2, -0.15) is 10.5 Å². The molecule has 14 aromatic rings. The van der Waals surface area contributed by atoms with Gasteiger partial charge in [0, 0.05) is 55.7 Å². The quantitative estimate of drug-likeness (QED) is 0.149. The number of para-hydroxylation sites is 4. The predicted molar refractivity (Wildman–Crippen MR) is 391 cm³/mol. The van der Waals surface area contributed by atoms with Crippen molar-refractivity contribution in [2.45, 2.75) is 78.6 Å². The summed E-state index contributed by atoms with van der Waals surface area (Å²) in [6.45, 7) is 19.9. The fourth-order valence-electron chi connectivity index (χ4n) is 14.5. The minimum absolute atomic E-state index is 0.0932. The Labute approximate surface area is 552 Å². The molecule has 4 heterocycles. The lowest BCUT2D eigenvalue weighted by Gasteiger charge is -2.45. The third-order valence-corrected chi connectivity index (χ3v) is 19.3. The van der Waals surface area contributed by atoms with Crippen LogP contribution in [-0.4, -0.2) is 15.8 Å². The Kier molecular flexibility index (Phi) is 11.8. The molecule has 2 aliphatic rings. The Morgan fingerprint density at radius 3 is 1.15 bits per heavy atom. The van der Waals surface area contributed by atoms with E-state index in [1.807, 2.05) is 54.6 Å². The van der Waals surface area contributed by atoms with Gasteiger partial charge in [-0.25, -0.2) is 0 Å². The van der Waals surface area contributed by atoms with Crippen LogP contribution in [0.3, 0.4) is 0 Å². The van der Waals surface area contributed by atoms with E-state index in [1.165, 1.54) is 11.1 Å². The molecule has 6 nitrogen and oxygen atoms in total. The first-order valence-corrected chi connectivity index (χ1v) is 32.0. The molecule has 0 saturated carbocycles. The molecule has 0 spiro atoms. The monoisotopic (exact) mass is 1200 g/mol. The van der Waals surface area contributed by atoms with E-state index in [-0.39, 0.29) is 33.9 Å². The summed E-state index contributed by atoms with van der Waals surface area (Å²) in [6.07, 6.45) is 0. The van der Waals surface area contributed by atoms with Gasteiger partial charge in [0.2, 0.25) is 0 Å². The first-order valence-electron chi connectivity index (χ1n) is 34.5. The van der Waals surface area contributed by atoms with E-state index < -0.39 is 24.8 Å². The maximum atomic E-state index is 11.3. The Bertz CT molecular complexity index is 5680. The first kappa shape index (κ1) is 51.6. The van der Waals surface area contributed by atoms with Crippen LogP contribution < -0.4 is 26.2 Å². The molecule has 0 bridgehead atoms. The van der Waals surface area contributed by atoms with Crippen molar-refractivity contribution in [3.05, 3.63) is 282 Å². The van der Waals surface area contributed by atoms with Gasteiger partial charge in [-0.15, -0.1) is 0 Å². The van der Waals surface area contributed by atoms with Crippen molar-refractivity contribution in [2.75, 3.05) is 9.80 Å². The number of rotatable bonds is 7. The molecule has 0 N–H and O–H groups in total.